The SMILES string of the molecule is Cc1ccccc1N=C(CNOCCOC1OC(CO)C(O)C(O)C1O)c1c(O)[nH]c2ccc(I)cc12. The van der Waals surface area contributed by atoms with E-state index in [1.165, 1.54) is 0 Å². The number of benzene rings is 2. The number of hydroxylamine groups is 1. The predicted molar refractivity (Wildman–Crippen MR) is 144 cm³/mol. The number of para-hydroxylation sites is 1. The predicted octanol–water partition coefficient (Wildman–Crippen LogP) is 1.25. The van der Waals surface area contributed by atoms with Crippen molar-refractivity contribution in [1.29, 1.82) is 0 Å². The van der Waals surface area contributed by atoms with Crippen LogP contribution in [0.1, 0.15) is 11.1 Å². The number of nitrogens with one attached hydrogen (secondary N) is 2. The monoisotopic (exact) mass is 627 g/mol. The molecule has 0 aliphatic carbocycles. The molecule has 1 aliphatic heterocycles. The van der Waals surface area contributed by atoms with E-state index in [0.29, 0.717) is 11.3 Å². The van der Waals surface area contributed by atoms with Gasteiger partial charge in [0.2, 0.25) is 0 Å². The van der Waals surface area contributed by atoms with Gasteiger partial charge in [0, 0.05) is 14.5 Å². The van der Waals surface area contributed by atoms with E-state index in [-0.39, 0.29) is 25.6 Å². The number of H-pyrrole nitrogens is 1. The maximum absolute atomic E-state index is 10.7. The molecule has 7 N–H and O–H groups in total. The molecule has 200 valence electrons. The zero-order valence-electron chi connectivity index (χ0n) is 20.0. The van der Waals surface area contributed by atoms with Crippen LogP contribution in [0.5, 0.6) is 5.88 Å². The van der Waals surface area contributed by atoms with Crippen molar-refractivity contribution in [2.24, 2.45) is 4.99 Å². The average molecular weight is 627 g/mol. The summed E-state index contributed by atoms with van der Waals surface area (Å²) < 4.78 is 11.7. The molecule has 2 heterocycles. The summed E-state index contributed by atoms with van der Waals surface area (Å²) in [5, 5.41) is 50.6. The molecule has 1 aliphatic rings. The van der Waals surface area contributed by atoms with Gasteiger partial charge in [0.05, 0.1) is 43.3 Å². The molecule has 5 unspecified atom stereocenters. The summed E-state index contributed by atoms with van der Waals surface area (Å²) in [5.41, 5.74) is 6.45. The highest BCUT2D eigenvalue weighted by Gasteiger charge is 2.43. The van der Waals surface area contributed by atoms with Gasteiger partial charge in [-0.2, -0.15) is 5.48 Å². The fraction of sp³-hybridized carbons (Fsp3) is 0.400. The van der Waals surface area contributed by atoms with Crippen LogP contribution < -0.4 is 5.48 Å². The van der Waals surface area contributed by atoms with Gasteiger partial charge in [-0.25, -0.2) is 0 Å². The standard InChI is InChI=1S/C25H30IN3O8/c1-13-4-2-3-5-16(13)28-18(20-15-10-14(26)6-7-17(15)29-24(20)34)11-27-36-9-8-35-25-23(33)22(32)21(31)19(12-30)37-25/h2-7,10,19,21-23,25,27,29-34H,8-9,11-12H2,1H3. The van der Waals surface area contributed by atoms with Crippen molar-refractivity contribution in [2.75, 3.05) is 26.4 Å². The van der Waals surface area contributed by atoms with Gasteiger partial charge in [-0.3, -0.25) is 9.83 Å². The largest absolute Gasteiger partial charge is 0.494 e. The van der Waals surface area contributed by atoms with E-state index in [2.05, 4.69) is 33.1 Å². The molecule has 11 nitrogen and oxygen atoms in total. The Morgan fingerprint density at radius 2 is 1.89 bits per heavy atom. The Labute approximate surface area is 226 Å². The number of hydrogen-bond acceptors (Lipinski definition) is 10. The zero-order chi connectivity index (χ0) is 26.5. The normalized spacial score (nSPS) is 24.6. The molecule has 2 aromatic carbocycles. The van der Waals surface area contributed by atoms with E-state index in [0.717, 1.165) is 25.7 Å². The summed E-state index contributed by atoms with van der Waals surface area (Å²) in [7, 11) is 0. The lowest BCUT2D eigenvalue weighted by Gasteiger charge is -2.39. The Balaban J connectivity index is 1.42. The maximum Gasteiger partial charge on any atom is 0.198 e. The number of aliphatic hydroxyl groups excluding tert-OH is 4. The van der Waals surface area contributed by atoms with Gasteiger partial charge in [-0.1, -0.05) is 18.2 Å². The number of aromatic amines is 1. The highest BCUT2D eigenvalue weighted by atomic mass is 127. The van der Waals surface area contributed by atoms with Gasteiger partial charge in [0.1, 0.15) is 24.4 Å². The zero-order valence-corrected chi connectivity index (χ0v) is 22.2. The highest BCUT2D eigenvalue weighted by Crippen LogP contribution is 2.31. The summed E-state index contributed by atoms with van der Waals surface area (Å²) in [6.45, 7) is 1.60. The van der Waals surface area contributed by atoms with Crippen molar-refractivity contribution < 1.29 is 39.8 Å². The number of ether oxygens (including phenoxy) is 2. The first-order valence-electron chi connectivity index (χ1n) is 11.7. The number of aromatic nitrogens is 1. The summed E-state index contributed by atoms with van der Waals surface area (Å²) in [4.78, 5) is 13.3. The first-order valence-corrected chi connectivity index (χ1v) is 12.8. The molecule has 12 heteroatoms. The molecular formula is C25H30IN3O8. The van der Waals surface area contributed by atoms with Gasteiger partial charge in [0.25, 0.3) is 0 Å². The number of hydrogen-bond donors (Lipinski definition) is 7. The molecule has 0 spiro atoms. The molecule has 4 rings (SSSR count). The van der Waals surface area contributed by atoms with Crippen molar-refractivity contribution >= 4 is 44.9 Å². The van der Waals surface area contributed by atoms with Gasteiger partial charge in [-0.15, -0.1) is 0 Å². The lowest BCUT2D eigenvalue weighted by Crippen LogP contribution is -2.59. The van der Waals surface area contributed by atoms with Crippen LogP contribution in [0.3, 0.4) is 0 Å². The Morgan fingerprint density at radius 1 is 1.11 bits per heavy atom. The molecule has 0 saturated carbocycles. The van der Waals surface area contributed by atoms with Crippen LogP contribution >= 0.6 is 22.6 Å². The molecular weight excluding hydrogens is 597 g/mol. The topological polar surface area (TPSA) is 169 Å². The first kappa shape index (κ1) is 27.9. The van der Waals surface area contributed by atoms with Crippen LogP contribution in [0.4, 0.5) is 5.69 Å². The van der Waals surface area contributed by atoms with Crippen LogP contribution in [-0.2, 0) is 14.3 Å². The van der Waals surface area contributed by atoms with Crippen molar-refractivity contribution in [3.8, 4) is 5.88 Å². The molecule has 3 aromatic rings. The fourth-order valence-corrected chi connectivity index (χ4v) is 4.55. The number of fused-ring (bicyclic) bond motifs is 1. The lowest BCUT2D eigenvalue weighted by atomic mass is 9.99. The van der Waals surface area contributed by atoms with Crippen LogP contribution in [0.2, 0.25) is 0 Å². The number of aryl methyl sites for hydroxylation is 1. The second-order valence-electron chi connectivity index (χ2n) is 8.62. The smallest absolute Gasteiger partial charge is 0.198 e. The van der Waals surface area contributed by atoms with E-state index in [1.54, 1.807) is 0 Å². The van der Waals surface area contributed by atoms with Crippen LogP contribution in [0.25, 0.3) is 10.9 Å². The Hall–Kier alpha value is -2.14. The Bertz CT molecular complexity index is 1230. The average Bonchev–Trinajstić information content (AvgIpc) is 3.21. The molecule has 0 amide bonds. The number of nitrogens with zero attached hydrogens (tertiary/aromatic N) is 1. The molecule has 1 saturated heterocycles. The van der Waals surface area contributed by atoms with Gasteiger partial charge >= 0.3 is 0 Å². The molecule has 5 atom stereocenters. The maximum atomic E-state index is 10.7. The van der Waals surface area contributed by atoms with Crippen molar-refractivity contribution in [3.05, 3.63) is 57.2 Å². The molecule has 1 fully saturated rings. The second-order valence-corrected chi connectivity index (χ2v) is 9.87. The van der Waals surface area contributed by atoms with Crippen molar-refractivity contribution in [1.82, 2.24) is 10.5 Å². The van der Waals surface area contributed by atoms with E-state index in [1.807, 2.05) is 49.4 Å². The number of aromatic hydroxyl groups is 1. The summed E-state index contributed by atoms with van der Waals surface area (Å²) >= 11 is 2.21. The van der Waals surface area contributed by atoms with Crippen LogP contribution in [0, 0.1) is 10.5 Å². The quantitative estimate of drug-likeness (QED) is 0.0757. The Kier molecular flexibility index (Phi) is 9.50. The minimum absolute atomic E-state index is 0.00270. The third-order valence-electron chi connectivity index (χ3n) is 6.06. The number of aliphatic hydroxyl groups is 4. The lowest BCUT2D eigenvalue weighted by molar-refractivity contribution is -0.303. The van der Waals surface area contributed by atoms with E-state index < -0.39 is 37.3 Å². The number of rotatable bonds is 10. The van der Waals surface area contributed by atoms with Crippen LogP contribution in [-0.4, -0.2) is 93.3 Å². The molecule has 0 bridgehead atoms. The van der Waals surface area contributed by atoms with Crippen LogP contribution in [0.15, 0.2) is 47.5 Å². The van der Waals surface area contributed by atoms with Crippen molar-refractivity contribution in [3.63, 3.8) is 0 Å². The third kappa shape index (κ3) is 6.47. The summed E-state index contributed by atoms with van der Waals surface area (Å²) in [5.74, 6) is -0.00270. The third-order valence-corrected chi connectivity index (χ3v) is 6.73. The van der Waals surface area contributed by atoms with E-state index in [4.69, 9.17) is 19.3 Å². The second kappa shape index (κ2) is 12.6. The molecule has 37 heavy (non-hydrogen) atoms. The molecule has 0 radical (unpaired) electrons. The summed E-state index contributed by atoms with van der Waals surface area (Å²) in [6, 6.07) is 13.5. The number of halogens is 1. The van der Waals surface area contributed by atoms with Gasteiger partial charge < -0.3 is 40.0 Å². The molecule has 1 aromatic heterocycles. The van der Waals surface area contributed by atoms with E-state index >= 15 is 0 Å². The number of aliphatic imine (C=N–C) groups is 1. The Morgan fingerprint density at radius 3 is 2.65 bits per heavy atom. The van der Waals surface area contributed by atoms with Crippen molar-refractivity contribution in [2.45, 2.75) is 37.6 Å². The highest BCUT2D eigenvalue weighted by molar-refractivity contribution is 14.1. The van der Waals surface area contributed by atoms with Gasteiger partial charge in [0.15, 0.2) is 12.2 Å². The minimum atomic E-state index is -1.51. The van der Waals surface area contributed by atoms with Gasteiger partial charge in [-0.05, 0) is 59.3 Å². The fourth-order valence-electron chi connectivity index (χ4n) is 4.06. The summed E-state index contributed by atoms with van der Waals surface area (Å²) in [6.07, 6.45) is -6.72. The minimum Gasteiger partial charge on any atom is -0.494 e. The van der Waals surface area contributed by atoms with E-state index in [9.17, 15) is 25.5 Å². The first-order chi connectivity index (χ1) is 17.8.